The molecule has 0 N–H and O–H groups in total. The summed E-state index contributed by atoms with van der Waals surface area (Å²) in [6.07, 6.45) is -3.40. The number of benzene rings is 2. The van der Waals surface area contributed by atoms with Crippen LogP contribution in [0.5, 0.6) is 6.01 Å². The van der Waals surface area contributed by atoms with Crippen LogP contribution in [-0.4, -0.2) is 53.6 Å². The molecule has 230 valence electrons. The molecule has 2 unspecified atom stereocenters. The van der Waals surface area contributed by atoms with Gasteiger partial charge < -0.3 is 14.5 Å². The molecule has 2 aromatic carbocycles. The van der Waals surface area contributed by atoms with Crippen LogP contribution in [0.4, 0.5) is 27.8 Å². The first-order chi connectivity index (χ1) is 20.7. The van der Waals surface area contributed by atoms with E-state index in [4.69, 9.17) is 4.74 Å². The number of fused-ring (bicyclic) bond motifs is 2. The second kappa shape index (κ2) is 11.3. The minimum Gasteiger partial charge on any atom is -0.467 e. The molecule has 44 heavy (non-hydrogen) atoms. The molecule has 4 aromatic rings. The van der Waals surface area contributed by atoms with Gasteiger partial charge in [-0.2, -0.15) is 28.4 Å². The molecule has 0 saturated carbocycles. The first-order valence-electron chi connectivity index (χ1n) is 13.7. The van der Waals surface area contributed by atoms with E-state index < -0.39 is 34.5 Å². The number of rotatable bonds is 6. The second-order valence-corrected chi connectivity index (χ2v) is 11.9. The molecule has 0 bridgehead atoms. The highest BCUT2D eigenvalue weighted by Gasteiger charge is 2.40. The minimum atomic E-state index is -5.06. The zero-order valence-corrected chi connectivity index (χ0v) is 25.3. The first-order valence-corrected chi connectivity index (χ1v) is 14.5. The molecular weight excluding hydrogens is 601 g/mol. The zero-order chi connectivity index (χ0) is 32.2. The number of hydrogen-bond acceptors (Lipinski definition) is 7. The molecule has 13 heteroatoms. The average molecular weight is 630 g/mol. The molecule has 3 heterocycles. The number of ether oxygens (including phenoxy) is 1. The normalized spacial score (nSPS) is 17.0. The molecule has 2 atom stereocenters. The summed E-state index contributed by atoms with van der Waals surface area (Å²) in [6.45, 7) is 9.26. The Morgan fingerprint density at radius 1 is 1.30 bits per heavy atom. The Morgan fingerprint density at radius 2 is 2.00 bits per heavy atom. The monoisotopic (exact) mass is 629 g/mol. The van der Waals surface area contributed by atoms with Crippen molar-refractivity contribution in [1.29, 1.82) is 5.26 Å². The number of hydrogen-bond donors (Lipinski definition) is 0. The number of thiophene rings is 1. The van der Waals surface area contributed by atoms with E-state index in [1.807, 2.05) is 6.07 Å². The average Bonchev–Trinajstić information content (AvgIpc) is 3.57. The van der Waals surface area contributed by atoms with Gasteiger partial charge >= 0.3 is 12.2 Å². The van der Waals surface area contributed by atoms with Crippen LogP contribution in [0, 0.1) is 23.0 Å². The first kappa shape index (κ1) is 31.1. The molecular formula is C31H28F5N5O2S. The third kappa shape index (κ3) is 4.91. The van der Waals surface area contributed by atoms with E-state index >= 15 is 4.39 Å². The fourth-order valence-corrected chi connectivity index (χ4v) is 7.16. The van der Waals surface area contributed by atoms with Crippen molar-refractivity contribution in [2.24, 2.45) is 0 Å². The summed E-state index contributed by atoms with van der Waals surface area (Å²) in [5.74, 6) is -2.59. The third-order valence-electron chi connectivity index (χ3n) is 8.11. The standard InChI is InChI=1S/C31H28F5N5O2S/c1-7-22(42)41-11-10-21(15(41)4)40(5)29-17-12-19(31(34,35)36)24(25(33)26(17)38-30(39-29)43-6)16-8-9-20(32)28-23(16)18(13-37)27(44-28)14(2)3/h7-9,12,14-15,21H,1,10-11H2,2-6H3. The number of alkyl halides is 3. The summed E-state index contributed by atoms with van der Waals surface area (Å²) < 4.78 is 81.3. The molecule has 0 aliphatic carbocycles. The lowest BCUT2D eigenvalue weighted by Crippen LogP contribution is -2.43. The number of likely N-dealkylation sites (N-methyl/N-ethyl adjacent to an activating group) is 1. The number of amides is 1. The number of nitriles is 1. The molecule has 1 aliphatic rings. The van der Waals surface area contributed by atoms with E-state index in [1.54, 1.807) is 37.6 Å². The Labute approximate surface area is 254 Å². The van der Waals surface area contributed by atoms with Crippen molar-refractivity contribution in [3.8, 4) is 23.2 Å². The van der Waals surface area contributed by atoms with Crippen molar-refractivity contribution < 1.29 is 31.5 Å². The predicted molar refractivity (Wildman–Crippen MR) is 159 cm³/mol. The van der Waals surface area contributed by atoms with Crippen molar-refractivity contribution >= 4 is 44.1 Å². The van der Waals surface area contributed by atoms with E-state index in [9.17, 15) is 27.6 Å². The Hall–Kier alpha value is -4.31. The van der Waals surface area contributed by atoms with E-state index in [0.29, 0.717) is 17.8 Å². The van der Waals surface area contributed by atoms with Crippen LogP contribution in [-0.2, 0) is 11.0 Å². The number of halogens is 5. The fourth-order valence-electron chi connectivity index (χ4n) is 5.98. The van der Waals surface area contributed by atoms with Gasteiger partial charge in [0.25, 0.3) is 0 Å². The zero-order valence-electron chi connectivity index (χ0n) is 24.5. The maximum atomic E-state index is 16.7. The lowest BCUT2D eigenvalue weighted by atomic mass is 9.91. The Balaban J connectivity index is 1.83. The molecule has 1 amide bonds. The maximum Gasteiger partial charge on any atom is 0.417 e. The molecule has 2 aromatic heterocycles. The van der Waals surface area contributed by atoms with Gasteiger partial charge in [0.15, 0.2) is 5.82 Å². The van der Waals surface area contributed by atoms with Crippen LogP contribution in [0.25, 0.3) is 32.1 Å². The largest absolute Gasteiger partial charge is 0.467 e. The highest BCUT2D eigenvalue weighted by Crippen LogP contribution is 2.48. The Morgan fingerprint density at radius 3 is 2.59 bits per heavy atom. The van der Waals surface area contributed by atoms with E-state index in [0.717, 1.165) is 29.5 Å². The molecule has 0 spiro atoms. The molecule has 0 radical (unpaired) electrons. The van der Waals surface area contributed by atoms with Crippen LogP contribution in [0.3, 0.4) is 0 Å². The maximum absolute atomic E-state index is 16.7. The molecule has 1 saturated heterocycles. The second-order valence-electron chi connectivity index (χ2n) is 10.9. The van der Waals surface area contributed by atoms with Crippen molar-refractivity contribution in [3.63, 3.8) is 0 Å². The van der Waals surface area contributed by atoms with Crippen molar-refractivity contribution in [1.82, 2.24) is 14.9 Å². The van der Waals surface area contributed by atoms with Crippen LogP contribution in [0.1, 0.15) is 49.1 Å². The van der Waals surface area contributed by atoms with E-state index in [-0.39, 0.29) is 62.3 Å². The van der Waals surface area contributed by atoms with Gasteiger partial charge in [-0.05, 0) is 43.0 Å². The number of carbonyl (C=O) groups is 1. The third-order valence-corrected chi connectivity index (χ3v) is 9.60. The molecule has 5 rings (SSSR count). The van der Waals surface area contributed by atoms with Gasteiger partial charge in [-0.3, -0.25) is 4.79 Å². The van der Waals surface area contributed by atoms with Crippen LogP contribution in [0.2, 0.25) is 0 Å². The minimum absolute atomic E-state index is 0.00309. The van der Waals surface area contributed by atoms with E-state index in [2.05, 4.69) is 16.5 Å². The van der Waals surface area contributed by atoms with Crippen LogP contribution in [0.15, 0.2) is 30.9 Å². The van der Waals surface area contributed by atoms with E-state index in [1.165, 1.54) is 13.2 Å². The van der Waals surface area contributed by atoms with Gasteiger partial charge in [0, 0.05) is 40.8 Å². The van der Waals surface area contributed by atoms with Gasteiger partial charge in [-0.25, -0.2) is 8.78 Å². The van der Waals surface area contributed by atoms with Gasteiger partial charge in [-0.15, -0.1) is 11.3 Å². The molecule has 7 nitrogen and oxygen atoms in total. The summed E-state index contributed by atoms with van der Waals surface area (Å²) in [6, 6.07) is 3.79. The number of methoxy groups -OCH3 is 1. The molecule has 1 aliphatic heterocycles. The number of carbonyl (C=O) groups excluding carboxylic acids is 1. The van der Waals surface area contributed by atoms with Gasteiger partial charge in [0.1, 0.15) is 23.2 Å². The quantitative estimate of drug-likeness (QED) is 0.163. The SMILES string of the molecule is C=CC(=O)N1CCC(N(C)c2nc(OC)nc3c(F)c(-c4ccc(F)c5sc(C(C)C)c(C#N)c45)c(C(F)(F)F)cc23)C1C. The number of likely N-dealkylation sites (tertiary alicyclic amines) is 1. The highest BCUT2D eigenvalue weighted by molar-refractivity contribution is 7.19. The summed E-state index contributed by atoms with van der Waals surface area (Å²) in [5, 5.41) is 9.68. The van der Waals surface area contributed by atoms with Gasteiger partial charge in [0.05, 0.1) is 29.0 Å². The fraction of sp³-hybridized carbons (Fsp3) is 0.355. The van der Waals surface area contributed by atoms with Crippen molar-refractivity contribution in [2.75, 3.05) is 25.6 Å². The summed E-state index contributed by atoms with van der Waals surface area (Å²) in [4.78, 5) is 24.4. The van der Waals surface area contributed by atoms with Crippen LogP contribution >= 0.6 is 11.3 Å². The van der Waals surface area contributed by atoms with Gasteiger partial charge in [-0.1, -0.05) is 26.5 Å². The highest BCUT2D eigenvalue weighted by atomic mass is 32.1. The summed E-state index contributed by atoms with van der Waals surface area (Å²) >= 11 is 0.958. The van der Waals surface area contributed by atoms with Crippen LogP contribution < -0.4 is 9.64 Å². The number of aromatic nitrogens is 2. The van der Waals surface area contributed by atoms with Crippen molar-refractivity contribution in [2.45, 2.75) is 51.4 Å². The van der Waals surface area contributed by atoms with Crippen molar-refractivity contribution in [3.05, 3.63) is 58.5 Å². The predicted octanol–water partition coefficient (Wildman–Crippen LogP) is 7.42. The number of anilines is 1. The summed E-state index contributed by atoms with van der Waals surface area (Å²) in [5.41, 5.74) is -2.91. The molecule has 1 fully saturated rings. The smallest absolute Gasteiger partial charge is 0.417 e. The lowest BCUT2D eigenvalue weighted by molar-refractivity contribution is -0.137. The Kier molecular flexibility index (Phi) is 8.01. The summed E-state index contributed by atoms with van der Waals surface area (Å²) in [7, 11) is 2.85. The van der Waals surface area contributed by atoms with Gasteiger partial charge in [0.2, 0.25) is 5.91 Å². The Bertz CT molecular complexity index is 1860. The number of nitrogens with zero attached hydrogens (tertiary/aromatic N) is 5. The lowest BCUT2D eigenvalue weighted by Gasteiger charge is -2.32. The topological polar surface area (TPSA) is 82.3 Å².